The predicted molar refractivity (Wildman–Crippen MR) is 104 cm³/mol. The second kappa shape index (κ2) is 6.60. The Morgan fingerprint density at radius 1 is 1.26 bits per heavy atom. The van der Waals surface area contributed by atoms with Crippen molar-refractivity contribution in [1.29, 1.82) is 0 Å². The van der Waals surface area contributed by atoms with E-state index in [0.717, 1.165) is 22.2 Å². The Kier molecular flexibility index (Phi) is 4.12. The zero-order valence-electron chi connectivity index (χ0n) is 14.9. The molecule has 0 saturated carbocycles. The molecule has 4 aromatic rings. The second-order valence-corrected chi connectivity index (χ2v) is 6.20. The molecule has 0 atom stereocenters. The molecule has 0 bridgehead atoms. The van der Waals surface area contributed by atoms with Crippen LogP contribution in [0.1, 0.15) is 22.8 Å². The van der Waals surface area contributed by atoms with Gasteiger partial charge in [0.25, 0.3) is 5.56 Å². The van der Waals surface area contributed by atoms with E-state index in [9.17, 15) is 9.59 Å². The summed E-state index contributed by atoms with van der Waals surface area (Å²) >= 11 is 0. The van der Waals surface area contributed by atoms with Crippen LogP contribution in [0.4, 0.5) is 11.5 Å². The van der Waals surface area contributed by atoms with E-state index >= 15 is 0 Å². The third-order valence-corrected chi connectivity index (χ3v) is 4.28. The predicted octanol–water partition coefficient (Wildman–Crippen LogP) is 3.40. The lowest BCUT2D eigenvalue weighted by Gasteiger charge is -2.12. The molecule has 0 radical (unpaired) electrons. The molecule has 0 unspecified atom stereocenters. The Balaban J connectivity index is 1.89. The Hall–Kier alpha value is -3.61. The first-order valence-electron chi connectivity index (χ1n) is 8.61. The van der Waals surface area contributed by atoms with Crippen LogP contribution in [-0.2, 0) is 4.74 Å². The lowest BCUT2D eigenvalue weighted by molar-refractivity contribution is 0.0525. The third-order valence-electron chi connectivity index (χ3n) is 4.28. The lowest BCUT2D eigenvalue weighted by atomic mass is 10.2. The quantitative estimate of drug-likeness (QED) is 0.543. The number of H-pyrrole nitrogens is 1. The van der Waals surface area contributed by atoms with E-state index in [0.29, 0.717) is 5.65 Å². The molecule has 0 aliphatic rings. The molecule has 0 aliphatic heterocycles. The molecule has 1 aromatic carbocycles. The molecule has 0 aliphatic carbocycles. The van der Waals surface area contributed by atoms with Gasteiger partial charge in [-0.3, -0.25) is 9.20 Å². The standard InChI is InChI=1S/C20H18N4O3/c1-3-27-20(26)17-18(22-14-4-5-15-13(11-14)6-8-21-15)23-16-10-12(2)7-9-24(16)19(17)25/h4-11,21-22H,3H2,1-2H3. The van der Waals surface area contributed by atoms with Gasteiger partial charge in [-0.25, -0.2) is 9.78 Å². The Labute approximate surface area is 154 Å². The van der Waals surface area contributed by atoms with Crippen molar-refractivity contribution in [1.82, 2.24) is 14.4 Å². The van der Waals surface area contributed by atoms with Crippen molar-refractivity contribution in [3.05, 3.63) is 70.3 Å². The first-order chi connectivity index (χ1) is 13.1. The van der Waals surface area contributed by atoms with Crippen LogP contribution in [0, 0.1) is 6.92 Å². The number of anilines is 2. The Morgan fingerprint density at radius 3 is 2.93 bits per heavy atom. The summed E-state index contributed by atoms with van der Waals surface area (Å²) in [5, 5.41) is 4.11. The van der Waals surface area contributed by atoms with Gasteiger partial charge in [-0.1, -0.05) is 0 Å². The van der Waals surface area contributed by atoms with Crippen molar-refractivity contribution in [3.63, 3.8) is 0 Å². The summed E-state index contributed by atoms with van der Waals surface area (Å²) in [5.41, 5.74) is 2.55. The fourth-order valence-corrected chi connectivity index (χ4v) is 2.99. The maximum Gasteiger partial charge on any atom is 0.347 e. The van der Waals surface area contributed by atoms with Crippen LogP contribution in [0.2, 0.25) is 0 Å². The van der Waals surface area contributed by atoms with E-state index in [-0.39, 0.29) is 18.0 Å². The molecule has 0 saturated heterocycles. The van der Waals surface area contributed by atoms with Gasteiger partial charge in [0, 0.05) is 29.0 Å². The fourth-order valence-electron chi connectivity index (χ4n) is 2.99. The summed E-state index contributed by atoms with van der Waals surface area (Å²) in [6, 6.07) is 11.2. The highest BCUT2D eigenvalue weighted by molar-refractivity contribution is 5.96. The summed E-state index contributed by atoms with van der Waals surface area (Å²) in [6.07, 6.45) is 3.46. The first kappa shape index (κ1) is 16.8. The highest BCUT2D eigenvalue weighted by atomic mass is 16.5. The summed E-state index contributed by atoms with van der Waals surface area (Å²) < 4.78 is 6.43. The van der Waals surface area contributed by atoms with E-state index in [2.05, 4.69) is 15.3 Å². The van der Waals surface area contributed by atoms with Crippen molar-refractivity contribution < 1.29 is 9.53 Å². The topological polar surface area (TPSA) is 88.5 Å². The van der Waals surface area contributed by atoms with Crippen LogP contribution in [0.25, 0.3) is 16.6 Å². The number of carbonyl (C=O) groups excluding carboxylic acids is 1. The number of ether oxygens (including phenoxy) is 1. The summed E-state index contributed by atoms with van der Waals surface area (Å²) in [7, 11) is 0. The minimum absolute atomic E-state index is 0.118. The molecule has 4 rings (SSSR count). The second-order valence-electron chi connectivity index (χ2n) is 6.20. The van der Waals surface area contributed by atoms with Crippen LogP contribution in [-0.4, -0.2) is 26.9 Å². The van der Waals surface area contributed by atoms with Crippen LogP contribution < -0.4 is 10.9 Å². The van der Waals surface area contributed by atoms with Gasteiger partial charge in [-0.05, 0) is 55.8 Å². The van der Waals surface area contributed by atoms with Crippen LogP contribution in [0.15, 0.2) is 53.6 Å². The van der Waals surface area contributed by atoms with E-state index < -0.39 is 11.5 Å². The molecule has 0 amide bonds. The van der Waals surface area contributed by atoms with Crippen LogP contribution in [0.3, 0.4) is 0 Å². The number of esters is 1. The van der Waals surface area contributed by atoms with Gasteiger partial charge in [-0.15, -0.1) is 0 Å². The average molecular weight is 362 g/mol. The smallest absolute Gasteiger partial charge is 0.347 e. The van der Waals surface area contributed by atoms with Crippen molar-refractivity contribution >= 4 is 34.0 Å². The van der Waals surface area contributed by atoms with Gasteiger partial charge in [0.2, 0.25) is 0 Å². The number of nitrogens with zero attached hydrogens (tertiary/aromatic N) is 2. The highest BCUT2D eigenvalue weighted by Crippen LogP contribution is 2.23. The van der Waals surface area contributed by atoms with Gasteiger partial charge >= 0.3 is 5.97 Å². The largest absolute Gasteiger partial charge is 0.462 e. The van der Waals surface area contributed by atoms with Gasteiger partial charge in [-0.2, -0.15) is 0 Å². The number of aromatic amines is 1. The van der Waals surface area contributed by atoms with E-state index in [4.69, 9.17) is 4.74 Å². The molecule has 0 spiro atoms. The summed E-state index contributed by atoms with van der Waals surface area (Å²) in [5.74, 6) is -0.519. The molecule has 0 fully saturated rings. The number of rotatable bonds is 4. The lowest BCUT2D eigenvalue weighted by Crippen LogP contribution is -2.26. The Bertz CT molecular complexity index is 1220. The van der Waals surface area contributed by atoms with Gasteiger partial charge in [0.15, 0.2) is 11.4 Å². The molecule has 3 heterocycles. The number of aryl methyl sites for hydroxylation is 1. The first-order valence-corrected chi connectivity index (χ1v) is 8.61. The number of benzene rings is 1. The zero-order valence-corrected chi connectivity index (χ0v) is 14.9. The van der Waals surface area contributed by atoms with Gasteiger partial charge in [0.1, 0.15) is 5.65 Å². The minimum Gasteiger partial charge on any atom is -0.462 e. The van der Waals surface area contributed by atoms with Gasteiger partial charge < -0.3 is 15.0 Å². The maximum atomic E-state index is 12.9. The summed E-state index contributed by atoms with van der Waals surface area (Å²) in [6.45, 7) is 3.78. The van der Waals surface area contributed by atoms with E-state index in [1.165, 1.54) is 4.40 Å². The normalized spacial score (nSPS) is 11.0. The summed E-state index contributed by atoms with van der Waals surface area (Å²) in [4.78, 5) is 33.0. The minimum atomic E-state index is -0.699. The van der Waals surface area contributed by atoms with Crippen LogP contribution in [0.5, 0.6) is 0 Å². The SMILES string of the molecule is CCOC(=O)c1c(Nc2ccc3[nH]ccc3c2)nc2cc(C)ccn2c1=O. The molecule has 7 heteroatoms. The number of nitrogens with one attached hydrogen (secondary N) is 2. The number of hydrogen-bond acceptors (Lipinski definition) is 5. The van der Waals surface area contributed by atoms with Crippen molar-refractivity contribution in [3.8, 4) is 0 Å². The molecular weight excluding hydrogens is 344 g/mol. The molecule has 136 valence electrons. The monoisotopic (exact) mass is 362 g/mol. The molecule has 7 nitrogen and oxygen atoms in total. The van der Waals surface area contributed by atoms with Crippen molar-refractivity contribution in [2.24, 2.45) is 0 Å². The van der Waals surface area contributed by atoms with Crippen molar-refractivity contribution in [2.75, 3.05) is 11.9 Å². The van der Waals surface area contributed by atoms with E-state index in [1.807, 2.05) is 37.4 Å². The number of carbonyl (C=O) groups is 1. The van der Waals surface area contributed by atoms with Crippen molar-refractivity contribution in [2.45, 2.75) is 13.8 Å². The average Bonchev–Trinajstić information content (AvgIpc) is 3.09. The third kappa shape index (κ3) is 3.03. The number of pyridine rings is 1. The number of aromatic nitrogens is 3. The molecule has 2 N–H and O–H groups in total. The van der Waals surface area contributed by atoms with E-state index in [1.54, 1.807) is 25.3 Å². The molecule has 27 heavy (non-hydrogen) atoms. The fraction of sp³-hybridized carbons (Fsp3) is 0.150. The van der Waals surface area contributed by atoms with Gasteiger partial charge in [0.05, 0.1) is 6.61 Å². The number of fused-ring (bicyclic) bond motifs is 2. The zero-order chi connectivity index (χ0) is 19.0. The van der Waals surface area contributed by atoms with Crippen LogP contribution >= 0.6 is 0 Å². The highest BCUT2D eigenvalue weighted by Gasteiger charge is 2.21. The number of hydrogen-bond donors (Lipinski definition) is 2. The maximum absolute atomic E-state index is 12.9. The molecule has 3 aromatic heterocycles. The Morgan fingerprint density at radius 2 is 2.11 bits per heavy atom. The molecular formula is C20H18N4O3.